The molecule has 0 aromatic heterocycles. The fourth-order valence-electron chi connectivity index (χ4n) is 1.07. The molecule has 0 spiro atoms. The Balaban J connectivity index is 2.82. The van der Waals surface area contributed by atoms with Crippen LogP contribution in [0.2, 0.25) is 0 Å². The predicted octanol–water partition coefficient (Wildman–Crippen LogP) is 1.63. The van der Waals surface area contributed by atoms with E-state index < -0.39 is 6.10 Å². The zero-order valence-electron chi connectivity index (χ0n) is 8.32. The molecule has 1 N–H and O–H groups in total. The highest BCUT2D eigenvalue weighted by Gasteiger charge is 2.04. The number of benzene rings is 1. The van der Waals surface area contributed by atoms with Crippen LogP contribution >= 0.6 is 0 Å². The van der Waals surface area contributed by atoms with Gasteiger partial charge in [0.25, 0.3) is 0 Å². The van der Waals surface area contributed by atoms with Crippen molar-refractivity contribution in [2.24, 2.45) is 0 Å². The Morgan fingerprint density at radius 2 is 2.29 bits per heavy atom. The van der Waals surface area contributed by atoms with Crippen molar-refractivity contribution in [3.8, 4) is 11.8 Å². The summed E-state index contributed by atoms with van der Waals surface area (Å²) in [5, 5.41) is 17.8. The molecule has 0 aliphatic rings. The van der Waals surface area contributed by atoms with E-state index in [2.05, 4.69) is 6.07 Å². The Hall–Kier alpha value is -1.53. The third-order valence-electron chi connectivity index (χ3n) is 1.74. The minimum Gasteiger partial charge on any atom is -0.490 e. The average Bonchev–Trinajstić information content (AvgIpc) is 2.15. The number of aliphatic hydroxyl groups excluding tert-OH is 1. The zero-order valence-corrected chi connectivity index (χ0v) is 8.32. The molecule has 1 aromatic carbocycles. The molecular formula is C11H13NO2. The van der Waals surface area contributed by atoms with Crippen LogP contribution < -0.4 is 4.74 Å². The van der Waals surface area contributed by atoms with E-state index in [9.17, 15) is 0 Å². The van der Waals surface area contributed by atoms with E-state index in [-0.39, 0.29) is 6.61 Å². The normalized spacial score (nSPS) is 11.9. The van der Waals surface area contributed by atoms with E-state index in [1.54, 1.807) is 19.1 Å². The third-order valence-corrected chi connectivity index (χ3v) is 1.74. The summed E-state index contributed by atoms with van der Waals surface area (Å²) in [4.78, 5) is 0. The monoisotopic (exact) mass is 191 g/mol. The maximum Gasteiger partial charge on any atom is 0.137 e. The van der Waals surface area contributed by atoms with Crippen LogP contribution in [0, 0.1) is 18.3 Å². The van der Waals surface area contributed by atoms with Gasteiger partial charge in [-0.05, 0) is 31.5 Å². The molecule has 14 heavy (non-hydrogen) atoms. The number of hydrogen-bond acceptors (Lipinski definition) is 3. The maximum atomic E-state index is 9.02. The molecule has 3 nitrogen and oxygen atoms in total. The van der Waals surface area contributed by atoms with Gasteiger partial charge in [0.2, 0.25) is 0 Å². The highest BCUT2D eigenvalue weighted by molar-refractivity contribution is 5.45. The molecule has 0 aliphatic carbocycles. The van der Waals surface area contributed by atoms with Crippen LogP contribution in [0.1, 0.15) is 18.1 Å². The number of aliphatic hydroxyl groups is 1. The van der Waals surface area contributed by atoms with Crippen molar-refractivity contribution in [1.82, 2.24) is 0 Å². The average molecular weight is 191 g/mol. The largest absolute Gasteiger partial charge is 0.490 e. The Morgan fingerprint density at radius 3 is 2.86 bits per heavy atom. The van der Waals surface area contributed by atoms with Crippen LogP contribution in [0.4, 0.5) is 0 Å². The van der Waals surface area contributed by atoms with E-state index in [0.29, 0.717) is 11.3 Å². The van der Waals surface area contributed by atoms with Gasteiger partial charge in [0.15, 0.2) is 0 Å². The highest BCUT2D eigenvalue weighted by Crippen LogP contribution is 2.18. The Kier molecular flexibility index (Phi) is 3.49. The second-order valence-corrected chi connectivity index (χ2v) is 3.27. The van der Waals surface area contributed by atoms with Crippen molar-refractivity contribution < 1.29 is 9.84 Å². The van der Waals surface area contributed by atoms with Crippen molar-refractivity contribution in [2.75, 3.05) is 6.61 Å². The first-order valence-electron chi connectivity index (χ1n) is 4.45. The second kappa shape index (κ2) is 4.64. The summed E-state index contributed by atoms with van der Waals surface area (Å²) in [6, 6.07) is 7.43. The van der Waals surface area contributed by atoms with Crippen LogP contribution in [-0.2, 0) is 0 Å². The van der Waals surface area contributed by atoms with Crippen molar-refractivity contribution in [2.45, 2.75) is 20.0 Å². The van der Waals surface area contributed by atoms with E-state index in [1.807, 2.05) is 13.0 Å². The lowest BCUT2D eigenvalue weighted by molar-refractivity contribution is 0.122. The van der Waals surface area contributed by atoms with Gasteiger partial charge in [-0.3, -0.25) is 0 Å². The summed E-state index contributed by atoms with van der Waals surface area (Å²) in [5.74, 6) is 0.527. The molecule has 0 amide bonds. The number of nitriles is 1. The smallest absolute Gasteiger partial charge is 0.137 e. The molecule has 74 valence electrons. The summed E-state index contributed by atoms with van der Waals surface area (Å²) in [7, 11) is 0. The molecule has 0 saturated heterocycles. The SMILES string of the molecule is Cc1ccc(OCC(C)O)c(C#N)c1. The van der Waals surface area contributed by atoms with Gasteiger partial charge in [-0.15, -0.1) is 0 Å². The number of aryl methyl sites for hydroxylation is 1. The summed E-state index contributed by atoms with van der Waals surface area (Å²) in [6.07, 6.45) is -0.525. The molecule has 0 bridgehead atoms. The van der Waals surface area contributed by atoms with Crippen LogP contribution in [-0.4, -0.2) is 17.8 Å². The summed E-state index contributed by atoms with van der Waals surface area (Å²) >= 11 is 0. The van der Waals surface area contributed by atoms with Crippen LogP contribution in [0.25, 0.3) is 0 Å². The standard InChI is InChI=1S/C11H13NO2/c1-8-3-4-11(10(5-8)6-12)14-7-9(2)13/h3-5,9,13H,7H2,1-2H3. The molecule has 1 unspecified atom stereocenters. The van der Waals surface area contributed by atoms with Crippen molar-refractivity contribution in [1.29, 1.82) is 5.26 Å². The van der Waals surface area contributed by atoms with E-state index in [4.69, 9.17) is 15.1 Å². The molecule has 0 aliphatic heterocycles. The lowest BCUT2D eigenvalue weighted by Crippen LogP contribution is -2.13. The molecule has 0 saturated carbocycles. The Labute approximate surface area is 83.6 Å². The summed E-state index contributed by atoms with van der Waals surface area (Å²) in [5.41, 5.74) is 1.52. The van der Waals surface area contributed by atoms with Crippen molar-refractivity contribution in [3.63, 3.8) is 0 Å². The second-order valence-electron chi connectivity index (χ2n) is 3.27. The van der Waals surface area contributed by atoms with Crippen molar-refractivity contribution >= 4 is 0 Å². The predicted molar refractivity (Wildman–Crippen MR) is 53.1 cm³/mol. The molecule has 1 atom stereocenters. The minimum absolute atomic E-state index is 0.206. The van der Waals surface area contributed by atoms with Gasteiger partial charge in [-0.1, -0.05) is 6.07 Å². The molecular weight excluding hydrogens is 178 g/mol. The molecule has 0 heterocycles. The van der Waals surface area contributed by atoms with Gasteiger partial charge >= 0.3 is 0 Å². The maximum absolute atomic E-state index is 9.02. The van der Waals surface area contributed by atoms with Crippen LogP contribution in [0.5, 0.6) is 5.75 Å². The van der Waals surface area contributed by atoms with Gasteiger partial charge < -0.3 is 9.84 Å². The first kappa shape index (κ1) is 10.6. The Morgan fingerprint density at radius 1 is 1.57 bits per heavy atom. The number of ether oxygens (including phenoxy) is 1. The molecule has 1 aromatic rings. The van der Waals surface area contributed by atoms with Crippen molar-refractivity contribution in [3.05, 3.63) is 29.3 Å². The lowest BCUT2D eigenvalue weighted by atomic mass is 10.1. The van der Waals surface area contributed by atoms with Gasteiger partial charge in [0, 0.05) is 0 Å². The van der Waals surface area contributed by atoms with E-state index in [0.717, 1.165) is 5.56 Å². The number of hydrogen-bond donors (Lipinski definition) is 1. The minimum atomic E-state index is -0.525. The van der Waals surface area contributed by atoms with Gasteiger partial charge in [0.05, 0.1) is 11.7 Å². The van der Waals surface area contributed by atoms with Gasteiger partial charge in [-0.25, -0.2) is 0 Å². The molecule has 0 fully saturated rings. The summed E-state index contributed by atoms with van der Waals surface area (Å²) in [6.45, 7) is 3.76. The third kappa shape index (κ3) is 2.75. The van der Waals surface area contributed by atoms with Crippen LogP contribution in [0.3, 0.4) is 0 Å². The first-order chi connectivity index (χ1) is 6.63. The number of nitrogens with zero attached hydrogens (tertiary/aromatic N) is 1. The lowest BCUT2D eigenvalue weighted by Gasteiger charge is -2.09. The van der Waals surface area contributed by atoms with E-state index >= 15 is 0 Å². The highest BCUT2D eigenvalue weighted by atomic mass is 16.5. The fourth-order valence-corrected chi connectivity index (χ4v) is 1.07. The fraction of sp³-hybridized carbons (Fsp3) is 0.364. The first-order valence-corrected chi connectivity index (χ1v) is 4.45. The number of rotatable bonds is 3. The summed E-state index contributed by atoms with van der Waals surface area (Å²) < 4.78 is 5.27. The van der Waals surface area contributed by atoms with Gasteiger partial charge in [-0.2, -0.15) is 5.26 Å². The molecule has 1 rings (SSSR count). The quantitative estimate of drug-likeness (QED) is 0.790. The molecule has 0 radical (unpaired) electrons. The van der Waals surface area contributed by atoms with Crippen LogP contribution in [0.15, 0.2) is 18.2 Å². The Bertz CT molecular complexity index is 353. The molecule has 3 heteroatoms. The van der Waals surface area contributed by atoms with Gasteiger partial charge in [0.1, 0.15) is 18.4 Å². The topological polar surface area (TPSA) is 53.2 Å². The van der Waals surface area contributed by atoms with E-state index in [1.165, 1.54) is 0 Å². The zero-order chi connectivity index (χ0) is 10.6.